The van der Waals surface area contributed by atoms with Crippen LogP contribution in [-0.2, 0) is 14.3 Å². The molecule has 142 valence electrons. The predicted molar refractivity (Wildman–Crippen MR) is 98.7 cm³/mol. The SMILES string of the molecule is CCOC(=O)[C@@H]1C(=O)C=C(c2ccco2)C[C@H]1c1ccc(OC)c(OC)c1. The highest BCUT2D eigenvalue weighted by Crippen LogP contribution is 2.42. The third kappa shape index (κ3) is 3.74. The van der Waals surface area contributed by atoms with Gasteiger partial charge < -0.3 is 18.6 Å². The van der Waals surface area contributed by atoms with Crippen LogP contribution in [0.1, 0.15) is 30.6 Å². The van der Waals surface area contributed by atoms with Gasteiger partial charge in [-0.25, -0.2) is 0 Å². The van der Waals surface area contributed by atoms with Crippen molar-refractivity contribution < 1.29 is 28.2 Å². The molecule has 0 saturated carbocycles. The Morgan fingerprint density at radius 3 is 2.59 bits per heavy atom. The Kier molecular flexibility index (Phi) is 5.64. The summed E-state index contributed by atoms with van der Waals surface area (Å²) >= 11 is 0. The lowest BCUT2D eigenvalue weighted by molar-refractivity contribution is -0.151. The van der Waals surface area contributed by atoms with E-state index in [1.165, 1.54) is 6.08 Å². The molecule has 0 aliphatic heterocycles. The number of furan rings is 1. The minimum absolute atomic E-state index is 0.218. The molecule has 1 aliphatic carbocycles. The van der Waals surface area contributed by atoms with Gasteiger partial charge in [0.05, 0.1) is 27.1 Å². The lowest BCUT2D eigenvalue weighted by Crippen LogP contribution is -2.34. The topological polar surface area (TPSA) is 75.0 Å². The van der Waals surface area contributed by atoms with E-state index < -0.39 is 11.9 Å². The highest BCUT2D eigenvalue weighted by atomic mass is 16.5. The number of esters is 1. The molecule has 2 aromatic rings. The summed E-state index contributed by atoms with van der Waals surface area (Å²) in [6.07, 6.45) is 3.51. The van der Waals surface area contributed by atoms with Gasteiger partial charge in [-0.15, -0.1) is 0 Å². The molecule has 2 atom stereocenters. The molecule has 0 amide bonds. The van der Waals surface area contributed by atoms with E-state index in [1.54, 1.807) is 51.7 Å². The zero-order valence-electron chi connectivity index (χ0n) is 15.6. The van der Waals surface area contributed by atoms with E-state index in [-0.39, 0.29) is 18.3 Å². The Balaban J connectivity index is 2.04. The van der Waals surface area contributed by atoms with E-state index in [1.807, 2.05) is 6.07 Å². The second-order valence-corrected chi connectivity index (χ2v) is 6.20. The van der Waals surface area contributed by atoms with Gasteiger partial charge in [0.1, 0.15) is 11.7 Å². The van der Waals surface area contributed by atoms with Crippen LogP contribution in [-0.4, -0.2) is 32.6 Å². The van der Waals surface area contributed by atoms with Crippen molar-refractivity contribution in [1.29, 1.82) is 0 Å². The highest BCUT2D eigenvalue weighted by Gasteiger charge is 2.40. The first-order valence-electron chi connectivity index (χ1n) is 8.75. The van der Waals surface area contributed by atoms with Gasteiger partial charge in [-0.1, -0.05) is 6.07 Å². The van der Waals surface area contributed by atoms with Crippen molar-refractivity contribution in [3.05, 3.63) is 54.0 Å². The lowest BCUT2D eigenvalue weighted by atomic mass is 9.74. The van der Waals surface area contributed by atoms with Gasteiger partial charge in [0.15, 0.2) is 17.3 Å². The number of hydrogen-bond acceptors (Lipinski definition) is 6. The first-order chi connectivity index (χ1) is 13.1. The zero-order chi connectivity index (χ0) is 19.4. The van der Waals surface area contributed by atoms with Gasteiger partial charge in [-0.05, 0) is 54.8 Å². The largest absolute Gasteiger partial charge is 0.493 e. The number of carbonyl (C=O) groups excluding carboxylic acids is 2. The average molecular weight is 370 g/mol. The summed E-state index contributed by atoms with van der Waals surface area (Å²) in [6.45, 7) is 1.94. The molecule has 0 spiro atoms. The highest BCUT2D eigenvalue weighted by molar-refractivity contribution is 6.10. The number of ketones is 1. The minimum Gasteiger partial charge on any atom is -0.493 e. The molecule has 0 unspecified atom stereocenters. The van der Waals surface area contributed by atoms with E-state index >= 15 is 0 Å². The Labute approximate surface area is 157 Å². The maximum absolute atomic E-state index is 12.8. The van der Waals surface area contributed by atoms with Crippen LogP contribution in [0.25, 0.3) is 5.57 Å². The van der Waals surface area contributed by atoms with Crippen molar-refractivity contribution in [3.8, 4) is 11.5 Å². The molecule has 0 bridgehead atoms. The summed E-state index contributed by atoms with van der Waals surface area (Å²) in [5, 5.41) is 0. The standard InChI is InChI=1S/C21H22O6/c1-4-26-21(23)20-15(13-7-8-18(24-2)19(12-13)25-3)10-14(11-16(20)22)17-6-5-9-27-17/h5-9,11-12,15,20H,4,10H2,1-3H3/t15-,20-/m0/s1. The number of carbonyl (C=O) groups is 2. The monoisotopic (exact) mass is 370 g/mol. The number of rotatable bonds is 6. The third-order valence-electron chi connectivity index (χ3n) is 4.68. The summed E-state index contributed by atoms with van der Waals surface area (Å²) in [5.41, 5.74) is 1.56. The molecule has 6 nitrogen and oxygen atoms in total. The van der Waals surface area contributed by atoms with Crippen LogP contribution in [0.2, 0.25) is 0 Å². The number of methoxy groups -OCH3 is 2. The first kappa shape index (κ1) is 18.8. The molecule has 27 heavy (non-hydrogen) atoms. The maximum atomic E-state index is 12.8. The summed E-state index contributed by atoms with van der Waals surface area (Å²) in [7, 11) is 3.10. The van der Waals surface area contributed by atoms with Crippen LogP contribution in [0, 0.1) is 5.92 Å². The van der Waals surface area contributed by atoms with Crippen LogP contribution in [0.3, 0.4) is 0 Å². The average Bonchev–Trinajstić information content (AvgIpc) is 3.21. The van der Waals surface area contributed by atoms with Gasteiger partial charge in [0, 0.05) is 5.92 Å². The normalized spacial score (nSPS) is 19.4. The van der Waals surface area contributed by atoms with Crippen LogP contribution in [0.4, 0.5) is 0 Å². The molecule has 1 aromatic carbocycles. The van der Waals surface area contributed by atoms with Crippen LogP contribution in [0.5, 0.6) is 11.5 Å². The van der Waals surface area contributed by atoms with E-state index in [2.05, 4.69) is 0 Å². The fourth-order valence-corrected chi connectivity index (χ4v) is 3.41. The molecule has 6 heteroatoms. The second-order valence-electron chi connectivity index (χ2n) is 6.20. The Bertz CT molecular complexity index is 850. The summed E-state index contributed by atoms with van der Waals surface area (Å²) < 4.78 is 21.3. The Morgan fingerprint density at radius 1 is 1.19 bits per heavy atom. The van der Waals surface area contributed by atoms with Crippen molar-refractivity contribution in [1.82, 2.24) is 0 Å². The molecule has 0 saturated heterocycles. The Morgan fingerprint density at radius 2 is 1.96 bits per heavy atom. The molecule has 1 aliphatic rings. The molecule has 3 rings (SSSR count). The predicted octanol–water partition coefficient (Wildman–Crippen LogP) is 3.62. The molecular weight excluding hydrogens is 348 g/mol. The fraction of sp³-hybridized carbons (Fsp3) is 0.333. The van der Waals surface area contributed by atoms with E-state index in [0.717, 1.165) is 11.1 Å². The zero-order valence-corrected chi connectivity index (χ0v) is 15.6. The number of benzene rings is 1. The van der Waals surface area contributed by atoms with Gasteiger partial charge in [-0.3, -0.25) is 9.59 Å². The maximum Gasteiger partial charge on any atom is 0.317 e. The van der Waals surface area contributed by atoms with Crippen molar-refractivity contribution in [2.75, 3.05) is 20.8 Å². The quantitative estimate of drug-likeness (QED) is 0.571. The van der Waals surface area contributed by atoms with Crippen molar-refractivity contribution in [2.45, 2.75) is 19.3 Å². The summed E-state index contributed by atoms with van der Waals surface area (Å²) in [5.74, 6) is -0.348. The van der Waals surface area contributed by atoms with E-state index in [0.29, 0.717) is 23.7 Å². The van der Waals surface area contributed by atoms with Crippen LogP contribution in [0.15, 0.2) is 47.1 Å². The van der Waals surface area contributed by atoms with Crippen molar-refractivity contribution in [3.63, 3.8) is 0 Å². The molecule has 1 heterocycles. The molecular formula is C21H22O6. The third-order valence-corrected chi connectivity index (χ3v) is 4.68. The number of hydrogen-bond donors (Lipinski definition) is 0. The Hall–Kier alpha value is -3.02. The van der Waals surface area contributed by atoms with E-state index in [4.69, 9.17) is 18.6 Å². The van der Waals surface area contributed by atoms with Crippen LogP contribution < -0.4 is 9.47 Å². The van der Waals surface area contributed by atoms with Gasteiger partial charge in [-0.2, -0.15) is 0 Å². The molecule has 0 N–H and O–H groups in total. The molecule has 0 radical (unpaired) electrons. The molecule has 1 aromatic heterocycles. The van der Waals surface area contributed by atoms with Gasteiger partial charge in [0.25, 0.3) is 0 Å². The summed E-state index contributed by atoms with van der Waals surface area (Å²) in [4.78, 5) is 25.3. The molecule has 0 fully saturated rings. The first-order valence-corrected chi connectivity index (χ1v) is 8.75. The van der Waals surface area contributed by atoms with E-state index in [9.17, 15) is 9.59 Å². The number of allylic oxidation sites excluding steroid dienone is 2. The van der Waals surface area contributed by atoms with Crippen LogP contribution >= 0.6 is 0 Å². The smallest absolute Gasteiger partial charge is 0.317 e. The summed E-state index contributed by atoms with van der Waals surface area (Å²) in [6, 6.07) is 8.98. The van der Waals surface area contributed by atoms with Gasteiger partial charge >= 0.3 is 5.97 Å². The second kappa shape index (κ2) is 8.12. The van der Waals surface area contributed by atoms with Crippen molar-refractivity contribution in [2.24, 2.45) is 5.92 Å². The lowest BCUT2D eigenvalue weighted by Gasteiger charge is -2.29. The van der Waals surface area contributed by atoms with Crippen molar-refractivity contribution >= 4 is 17.3 Å². The van der Waals surface area contributed by atoms with Gasteiger partial charge in [0.2, 0.25) is 0 Å². The fourth-order valence-electron chi connectivity index (χ4n) is 3.41. The minimum atomic E-state index is -0.901. The number of ether oxygens (including phenoxy) is 3.